The molecule has 0 saturated carbocycles. The van der Waals surface area contributed by atoms with Crippen molar-refractivity contribution in [1.82, 2.24) is 15.6 Å². The molecule has 1 amide bonds. The molecule has 1 aromatic rings. The van der Waals surface area contributed by atoms with Crippen molar-refractivity contribution in [2.75, 3.05) is 0 Å². The Hall–Kier alpha value is -1.42. The van der Waals surface area contributed by atoms with Crippen LogP contribution in [-0.4, -0.2) is 16.4 Å². The number of nitrogens with one attached hydrogen (secondary N) is 2. The van der Waals surface area contributed by atoms with Gasteiger partial charge in [-0.05, 0) is 37.3 Å². The molecule has 110 valence electrons. The van der Waals surface area contributed by atoms with Gasteiger partial charge in [-0.2, -0.15) is 0 Å². The van der Waals surface area contributed by atoms with Crippen LogP contribution in [0.5, 0.6) is 0 Å². The zero-order chi connectivity index (χ0) is 14.8. The van der Waals surface area contributed by atoms with E-state index >= 15 is 0 Å². The van der Waals surface area contributed by atoms with Gasteiger partial charge in [0.2, 0.25) is 5.91 Å². The number of unbranched alkanes of at least 4 members (excludes halogenated alkanes) is 1. The Morgan fingerprint density at radius 3 is 2.65 bits per heavy atom. The minimum atomic E-state index is -0.521. The van der Waals surface area contributed by atoms with Crippen molar-refractivity contribution in [2.24, 2.45) is 5.92 Å². The van der Waals surface area contributed by atoms with Gasteiger partial charge in [-0.25, -0.2) is 0 Å². The van der Waals surface area contributed by atoms with Gasteiger partial charge in [0.05, 0.1) is 11.2 Å². The van der Waals surface area contributed by atoms with E-state index in [2.05, 4.69) is 42.5 Å². The van der Waals surface area contributed by atoms with E-state index in [1.807, 2.05) is 19.2 Å². The first kappa shape index (κ1) is 15.0. The monoisotopic (exact) mass is 275 g/mol. The Bertz CT molecular complexity index is 469. The van der Waals surface area contributed by atoms with E-state index in [4.69, 9.17) is 0 Å². The predicted octanol–water partition coefficient (Wildman–Crippen LogP) is 2.56. The number of aryl methyl sites for hydroxylation is 1. The second-order valence-corrected chi connectivity index (χ2v) is 6.10. The van der Waals surface area contributed by atoms with Crippen LogP contribution < -0.4 is 10.6 Å². The zero-order valence-electron chi connectivity index (χ0n) is 12.9. The number of amides is 1. The topological polar surface area (TPSA) is 54.0 Å². The second kappa shape index (κ2) is 5.92. The van der Waals surface area contributed by atoms with Crippen LogP contribution in [0.3, 0.4) is 0 Å². The highest BCUT2D eigenvalue weighted by molar-refractivity contribution is 5.88. The Kier molecular flexibility index (Phi) is 4.43. The maximum absolute atomic E-state index is 12.1. The molecule has 4 nitrogen and oxygen atoms in total. The van der Waals surface area contributed by atoms with Crippen molar-refractivity contribution in [2.45, 2.75) is 58.7 Å². The fourth-order valence-corrected chi connectivity index (χ4v) is 2.39. The van der Waals surface area contributed by atoms with E-state index in [1.54, 1.807) is 0 Å². The normalized spacial score (nSPS) is 26.1. The van der Waals surface area contributed by atoms with E-state index in [0.717, 1.165) is 12.1 Å². The van der Waals surface area contributed by atoms with E-state index in [9.17, 15) is 4.79 Å². The summed E-state index contributed by atoms with van der Waals surface area (Å²) in [6.07, 6.45) is 5.18. The van der Waals surface area contributed by atoms with Crippen LogP contribution in [0.25, 0.3) is 0 Å². The second-order valence-electron chi connectivity index (χ2n) is 6.10. The fraction of sp³-hybridized carbons (Fsp3) is 0.625. The molecule has 4 heteroatoms. The molecule has 2 unspecified atom stereocenters. The lowest BCUT2D eigenvalue weighted by molar-refractivity contribution is -0.125. The van der Waals surface area contributed by atoms with Crippen LogP contribution in [0.4, 0.5) is 0 Å². The molecule has 1 aliphatic heterocycles. The summed E-state index contributed by atoms with van der Waals surface area (Å²) in [5.74, 6) is 0.283. The predicted molar refractivity (Wildman–Crippen MR) is 80.1 cm³/mol. The molecule has 0 radical (unpaired) electrons. The number of aromatic nitrogens is 1. The molecule has 20 heavy (non-hydrogen) atoms. The zero-order valence-corrected chi connectivity index (χ0v) is 12.9. The third kappa shape index (κ3) is 2.85. The highest BCUT2D eigenvalue weighted by Gasteiger charge is 2.45. The highest BCUT2D eigenvalue weighted by atomic mass is 16.2. The van der Waals surface area contributed by atoms with Gasteiger partial charge >= 0.3 is 0 Å². The lowest BCUT2D eigenvalue weighted by Gasteiger charge is -2.26. The molecule has 2 heterocycles. The van der Waals surface area contributed by atoms with Gasteiger partial charge in [0.1, 0.15) is 6.17 Å². The van der Waals surface area contributed by atoms with Gasteiger partial charge in [-0.3, -0.25) is 15.1 Å². The molecule has 0 aromatic carbocycles. The first-order valence-corrected chi connectivity index (χ1v) is 7.51. The quantitative estimate of drug-likeness (QED) is 0.868. The summed E-state index contributed by atoms with van der Waals surface area (Å²) >= 11 is 0. The molecule has 2 N–H and O–H groups in total. The maximum Gasteiger partial charge on any atom is 0.241 e. The number of hydrogen-bond acceptors (Lipinski definition) is 3. The highest BCUT2D eigenvalue weighted by Crippen LogP contribution is 2.27. The lowest BCUT2D eigenvalue weighted by atomic mass is 9.89. The molecular weight excluding hydrogens is 250 g/mol. The Labute approximate surface area is 121 Å². The largest absolute Gasteiger partial charge is 0.334 e. The van der Waals surface area contributed by atoms with Crippen molar-refractivity contribution >= 4 is 5.91 Å². The minimum Gasteiger partial charge on any atom is -0.334 e. The summed E-state index contributed by atoms with van der Waals surface area (Å²) in [6, 6.07) is 4.12. The van der Waals surface area contributed by atoms with Crippen LogP contribution in [0.15, 0.2) is 18.3 Å². The minimum absolute atomic E-state index is 0.0503. The molecule has 1 saturated heterocycles. The first-order chi connectivity index (χ1) is 9.47. The SMILES string of the molecule is CCCCc1ccc(C2NC(=O)C(C)(C(C)C)N2)nc1. The summed E-state index contributed by atoms with van der Waals surface area (Å²) in [5, 5.41) is 6.36. The molecule has 2 rings (SSSR count). The summed E-state index contributed by atoms with van der Waals surface area (Å²) in [4.78, 5) is 16.6. The summed E-state index contributed by atoms with van der Waals surface area (Å²) < 4.78 is 0. The van der Waals surface area contributed by atoms with Crippen LogP contribution in [0.1, 0.15) is 58.0 Å². The van der Waals surface area contributed by atoms with Crippen molar-refractivity contribution < 1.29 is 4.79 Å². The molecule has 0 spiro atoms. The van der Waals surface area contributed by atoms with Crippen molar-refractivity contribution in [3.63, 3.8) is 0 Å². The number of hydrogen-bond donors (Lipinski definition) is 2. The molecule has 2 atom stereocenters. The van der Waals surface area contributed by atoms with E-state index in [1.165, 1.54) is 18.4 Å². The Balaban J connectivity index is 2.08. The van der Waals surface area contributed by atoms with Gasteiger partial charge in [0.15, 0.2) is 0 Å². The number of rotatable bonds is 5. The fourth-order valence-electron chi connectivity index (χ4n) is 2.39. The average Bonchev–Trinajstić information content (AvgIpc) is 2.74. The molecule has 1 aliphatic rings. The smallest absolute Gasteiger partial charge is 0.241 e. The standard InChI is InChI=1S/C16H25N3O/c1-5-6-7-12-8-9-13(17-10-12)14-18-15(20)16(4,19-14)11(2)3/h8-11,14,19H,5-7H2,1-4H3,(H,18,20). The van der Waals surface area contributed by atoms with Crippen LogP contribution in [-0.2, 0) is 11.2 Å². The van der Waals surface area contributed by atoms with Gasteiger partial charge < -0.3 is 5.32 Å². The molecule has 0 aliphatic carbocycles. The van der Waals surface area contributed by atoms with Crippen LogP contribution in [0, 0.1) is 5.92 Å². The summed E-state index contributed by atoms with van der Waals surface area (Å²) in [7, 11) is 0. The average molecular weight is 275 g/mol. The van der Waals surface area contributed by atoms with Crippen molar-refractivity contribution in [3.8, 4) is 0 Å². The van der Waals surface area contributed by atoms with E-state index in [0.29, 0.717) is 0 Å². The summed E-state index contributed by atoms with van der Waals surface area (Å²) in [5.41, 5.74) is 1.61. The third-order valence-corrected chi connectivity index (χ3v) is 4.31. The molecule has 1 fully saturated rings. The number of nitrogens with zero attached hydrogens (tertiary/aromatic N) is 1. The Morgan fingerprint density at radius 1 is 1.40 bits per heavy atom. The number of pyridine rings is 1. The number of carbonyl (C=O) groups excluding carboxylic acids is 1. The summed E-state index contributed by atoms with van der Waals surface area (Å²) in [6.45, 7) is 8.24. The van der Waals surface area contributed by atoms with Crippen molar-refractivity contribution in [3.05, 3.63) is 29.6 Å². The van der Waals surface area contributed by atoms with Gasteiger partial charge in [-0.15, -0.1) is 0 Å². The van der Waals surface area contributed by atoms with Crippen LogP contribution >= 0.6 is 0 Å². The van der Waals surface area contributed by atoms with Gasteiger partial charge in [0, 0.05) is 6.20 Å². The number of carbonyl (C=O) groups is 1. The maximum atomic E-state index is 12.1. The third-order valence-electron chi connectivity index (χ3n) is 4.31. The lowest BCUT2D eigenvalue weighted by Crippen LogP contribution is -2.48. The van der Waals surface area contributed by atoms with Crippen LogP contribution in [0.2, 0.25) is 0 Å². The molecule has 1 aromatic heterocycles. The van der Waals surface area contributed by atoms with Gasteiger partial charge in [-0.1, -0.05) is 33.3 Å². The first-order valence-electron chi connectivity index (χ1n) is 7.51. The van der Waals surface area contributed by atoms with E-state index in [-0.39, 0.29) is 18.0 Å². The Morgan fingerprint density at radius 2 is 2.15 bits per heavy atom. The molecule has 0 bridgehead atoms. The van der Waals surface area contributed by atoms with Gasteiger partial charge in [0.25, 0.3) is 0 Å². The van der Waals surface area contributed by atoms with E-state index < -0.39 is 5.54 Å². The van der Waals surface area contributed by atoms with Crippen molar-refractivity contribution in [1.29, 1.82) is 0 Å². The molecular formula is C16H25N3O.